The highest BCUT2D eigenvalue weighted by Gasteiger charge is 2.35. The number of aryl methyl sites for hydroxylation is 1. The van der Waals surface area contributed by atoms with Gasteiger partial charge in [0.05, 0.1) is 5.57 Å². The molecule has 0 aliphatic carbocycles. The average Bonchev–Trinajstić information content (AvgIpc) is 3.33. The first kappa shape index (κ1) is 21.9. The first-order chi connectivity index (χ1) is 17.6. The fourth-order valence-electron chi connectivity index (χ4n) is 4.53. The van der Waals surface area contributed by atoms with Crippen molar-refractivity contribution in [2.24, 2.45) is 0 Å². The summed E-state index contributed by atoms with van der Waals surface area (Å²) in [7, 11) is 0. The van der Waals surface area contributed by atoms with Gasteiger partial charge in [-0.2, -0.15) is 4.98 Å². The van der Waals surface area contributed by atoms with Crippen LogP contribution in [-0.4, -0.2) is 33.9 Å². The summed E-state index contributed by atoms with van der Waals surface area (Å²) in [5.41, 5.74) is 4.84. The number of rotatable bonds is 4. The molecule has 0 saturated heterocycles. The number of ether oxygens (including phenoxy) is 2. The molecule has 4 aromatic rings. The molecule has 1 atom stereocenters. The van der Waals surface area contributed by atoms with Crippen molar-refractivity contribution in [2.75, 3.05) is 23.8 Å². The number of fused-ring (bicyclic) bond motifs is 2. The lowest BCUT2D eigenvalue weighted by atomic mass is 9.94. The van der Waals surface area contributed by atoms with Crippen molar-refractivity contribution in [3.63, 3.8) is 0 Å². The lowest BCUT2D eigenvalue weighted by Gasteiger charge is -2.29. The van der Waals surface area contributed by atoms with E-state index in [9.17, 15) is 4.79 Å². The molecule has 1 unspecified atom stereocenters. The normalized spacial score (nSPS) is 16.2. The van der Waals surface area contributed by atoms with Gasteiger partial charge in [0.15, 0.2) is 17.3 Å². The molecule has 1 aromatic heterocycles. The van der Waals surface area contributed by atoms with E-state index >= 15 is 0 Å². The largest absolute Gasteiger partial charge is 0.486 e. The summed E-state index contributed by atoms with van der Waals surface area (Å²) in [5.74, 6) is 2.27. The van der Waals surface area contributed by atoms with E-state index in [4.69, 9.17) is 19.6 Å². The van der Waals surface area contributed by atoms with E-state index in [1.807, 2.05) is 86.6 Å². The third kappa shape index (κ3) is 3.96. The maximum Gasteiger partial charge on any atom is 0.255 e. The van der Waals surface area contributed by atoms with Gasteiger partial charge in [-0.25, -0.2) is 4.68 Å². The molecular formula is C28H25N5O3. The highest BCUT2D eigenvalue weighted by molar-refractivity contribution is 6.06. The Balaban J connectivity index is 1.45. The fourth-order valence-corrected chi connectivity index (χ4v) is 4.53. The first-order valence-electron chi connectivity index (χ1n) is 11.8. The molecule has 8 nitrogen and oxygen atoms in total. The summed E-state index contributed by atoms with van der Waals surface area (Å²) in [5, 5.41) is 11.2. The number of nitrogens with zero attached hydrogens (tertiary/aromatic N) is 3. The zero-order valence-electron chi connectivity index (χ0n) is 20.0. The van der Waals surface area contributed by atoms with Crippen LogP contribution in [0.4, 0.5) is 11.6 Å². The minimum atomic E-state index is -0.521. The number of allylic oxidation sites excluding steroid dienone is 1. The predicted molar refractivity (Wildman–Crippen MR) is 137 cm³/mol. The van der Waals surface area contributed by atoms with Gasteiger partial charge in [0.1, 0.15) is 19.3 Å². The molecule has 2 aliphatic heterocycles. The van der Waals surface area contributed by atoms with Crippen molar-refractivity contribution in [1.29, 1.82) is 0 Å². The van der Waals surface area contributed by atoms with Gasteiger partial charge < -0.3 is 20.1 Å². The Morgan fingerprint density at radius 2 is 1.72 bits per heavy atom. The van der Waals surface area contributed by atoms with Gasteiger partial charge in [0.25, 0.3) is 5.91 Å². The highest BCUT2D eigenvalue weighted by atomic mass is 16.6. The molecule has 2 aliphatic rings. The van der Waals surface area contributed by atoms with Crippen LogP contribution in [0.5, 0.6) is 11.5 Å². The molecule has 2 N–H and O–H groups in total. The fraction of sp³-hybridized carbons (Fsp3) is 0.179. The Labute approximate surface area is 208 Å². The quantitative estimate of drug-likeness (QED) is 0.430. The summed E-state index contributed by atoms with van der Waals surface area (Å²) in [4.78, 5) is 18.4. The van der Waals surface area contributed by atoms with Crippen LogP contribution in [0.25, 0.3) is 11.4 Å². The molecule has 3 aromatic carbocycles. The topological polar surface area (TPSA) is 90.3 Å². The summed E-state index contributed by atoms with van der Waals surface area (Å²) in [6.45, 7) is 4.88. The molecule has 0 fully saturated rings. The van der Waals surface area contributed by atoms with Crippen molar-refractivity contribution in [3.8, 4) is 22.9 Å². The van der Waals surface area contributed by atoms with E-state index in [2.05, 4.69) is 10.6 Å². The van der Waals surface area contributed by atoms with Gasteiger partial charge in [-0.3, -0.25) is 4.79 Å². The van der Waals surface area contributed by atoms with Crippen LogP contribution >= 0.6 is 0 Å². The summed E-state index contributed by atoms with van der Waals surface area (Å²) >= 11 is 0. The highest BCUT2D eigenvalue weighted by Crippen LogP contribution is 2.40. The Bertz CT molecular complexity index is 1480. The second kappa shape index (κ2) is 8.88. The van der Waals surface area contributed by atoms with Crippen molar-refractivity contribution in [1.82, 2.24) is 14.8 Å². The third-order valence-electron chi connectivity index (χ3n) is 6.32. The number of carbonyl (C=O) groups excluding carboxylic acids is 1. The van der Waals surface area contributed by atoms with Gasteiger partial charge in [0, 0.05) is 16.9 Å². The maximum atomic E-state index is 13.7. The predicted octanol–water partition coefficient (Wildman–Crippen LogP) is 4.95. The molecule has 1 amide bonds. The molecular weight excluding hydrogens is 454 g/mol. The SMILES string of the molecule is CC1=C(C(=O)Nc2ccc(C)cc2)C(c2ccc3c(c2)OCCO3)n2nc(-c3ccccc3)nc2N1. The summed E-state index contributed by atoms with van der Waals surface area (Å²) in [6, 6.07) is 22.7. The van der Waals surface area contributed by atoms with Crippen LogP contribution in [0.1, 0.15) is 24.1 Å². The molecule has 0 radical (unpaired) electrons. The number of hydrogen-bond donors (Lipinski definition) is 2. The Hall–Kier alpha value is -4.59. The van der Waals surface area contributed by atoms with Crippen LogP contribution in [0.15, 0.2) is 84.1 Å². The van der Waals surface area contributed by atoms with E-state index in [0.29, 0.717) is 47.8 Å². The molecule has 180 valence electrons. The van der Waals surface area contributed by atoms with E-state index in [-0.39, 0.29) is 5.91 Å². The van der Waals surface area contributed by atoms with Gasteiger partial charge >= 0.3 is 0 Å². The summed E-state index contributed by atoms with van der Waals surface area (Å²) < 4.78 is 13.3. The molecule has 0 bridgehead atoms. The second-order valence-electron chi connectivity index (χ2n) is 8.86. The molecule has 0 spiro atoms. The van der Waals surface area contributed by atoms with Crippen molar-refractivity contribution in [3.05, 3.63) is 95.2 Å². The Morgan fingerprint density at radius 3 is 2.50 bits per heavy atom. The zero-order chi connectivity index (χ0) is 24.6. The monoisotopic (exact) mass is 479 g/mol. The van der Waals surface area contributed by atoms with Crippen LogP contribution in [0.2, 0.25) is 0 Å². The van der Waals surface area contributed by atoms with E-state index in [1.165, 1.54) is 0 Å². The van der Waals surface area contributed by atoms with Gasteiger partial charge in [-0.1, -0.05) is 54.1 Å². The average molecular weight is 480 g/mol. The Morgan fingerprint density at radius 1 is 0.972 bits per heavy atom. The lowest BCUT2D eigenvalue weighted by molar-refractivity contribution is -0.113. The van der Waals surface area contributed by atoms with Crippen molar-refractivity contribution < 1.29 is 14.3 Å². The molecule has 8 heteroatoms. The standard InChI is InChI=1S/C28H25N5O3/c1-17-8-11-21(12-9-17)30-27(34)24-18(2)29-28-31-26(19-6-4-3-5-7-19)32-33(28)25(24)20-10-13-22-23(16-20)36-15-14-35-22/h3-13,16,25H,14-15H2,1-2H3,(H,30,34)(H,29,31,32). The number of nitrogens with one attached hydrogen (secondary N) is 2. The molecule has 6 rings (SSSR count). The van der Waals surface area contributed by atoms with Gasteiger partial charge in [-0.15, -0.1) is 5.10 Å². The number of anilines is 2. The van der Waals surface area contributed by atoms with Crippen molar-refractivity contribution in [2.45, 2.75) is 19.9 Å². The summed E-state index contributed by atoms with van der Waals surface area (Å²) in [6.07, 6.45) is 0. The van der Waals surface area contributed by atoms with E-state index in [0.717, 1.165) is 22.4 Å². The minimum Gasteiger partial charge on any atom is -0.486 e. The number of carbonyl (C=O) groups is 1. The maximum absolute atomic E-state index is 13.7. The smallest absolute Gasteiger partial charge is 0.255 e. The van der Waals surface area contributed by atoms with E-state index < -0.39 is 6.04 Å². The van der Waals surface area contributed by atoms with Crippen LogP contribution < -0.4 is 20.1 Å². The minimum absolute atomic E-state index is 0.217. The number of amides is 1. The first-order valence-corrected chi connectivity index (χ1v) is 11.8. The van der Waals surface area contributed by atoms with Crippen molar-refractivity contribution >= 4 is 17.5 Å². The molecule has 0 saturated carbocycles. The molecule has 36 heavy (non-hydrogen) atoms. The Kier molecular flexibility index (Phi) is 5.41. The van der Waals surface area contributed by atoms with Crippen LogP contribution in [-0.2, 0) is 4.79 Å². The van der Waals surface area contributed by atoms with E-state index in [1.54, 1.807) is 4.68 Å². The second-order valence-corrected chi connectivity index (χ2v) is 8.86. The van der Waals surface area contributed by atoms with Gasteiger partial charge in [0.2, 0.25) is 5.95 Å². The number of aromatic nitrogens is 3. The van der Waals surface area contributed by atoms with Crippen LogP contribution in [0.3, 0.4) is 0 Å². The number of hydrogen-bond acceptors (Lipinski definition) is 6. The zero-order valence-corrected chi connectivity index (χ0v) is 20.0. The third-order valence-corrected chi connectivity index (χ3v) is 6.32. The van der Waals surface area contributed by atoms with Crippen LogP contribution in [0, 0.1) is 6.92 Å². The number of benzene rings is 3. The lowest BCUT2D eigenvalue weighted by Crippen LogP contribution is -2.31. The molecule has 3 heterocycles. The van der Waals surface area contributed by atoms with Gasteiger partial charge in [-0.05, 0) is 43.7 Å².